The summed E-state index contributed by atoms with van der Waals surface area (Å²) in [4.78, 5) is 0. The van der Waals surface area contributed by atoms with Gasteiger partial charge in [0.15, 0.2) is 12.1 Å². The van der Waals surface area contributed by atoms with Crippen molar-refractivity contribution >= 4 is 0 Å². The van der Waals surface area contributed by atoms with Crippen LogP contribution < -0.4 is 0 Å². The molecule has 0 unspecified atom stereocenters. The van der Waals surface area contributed by atoms with Crippen molar-refractivity contribution in [1.82, 2.24) is 0 Å². The molecule has 76 valence electrons. The minimum absolute atomic E-state index is 0.0000463. The zero-order valence-electron chi connectivity index (χ0n) is 8.44. The SMILES string of the molecule is CO[C@@H]1O[C@H](C)[C@H]2OC(C)(C)O[C@H]12. The van der Waals surface area contributed by atoms with E-state index in [2.05, 4.69) is 0 Å². The summed E-state index contributed by atoms with van der Waals surface area (Å²) in [5, 5.41) is 0. The largest absolute Gasteiger partial charge is 0.353 e. The fourth-order valence-electron chi connectivity index (χ4n) is 1.95. The van der Waals surface area contributed by atoms with Crippen LogP contribution in [0.2, 0.25) is 0 Å². The van der Waals surface area contributed by atoms with Gasteiger partial charge in [0, 0.05) is 7.11 Å². The molecular weight excluding hydrogens is 172 g/mol. The van der Waals surface area contributed by atoms with Crippen LogP contribution >= 0.6 is 0 Å². The molecule has 0 aromatic carbocycles. The minimum atomic E-state index is -0.510. The van der Waals surface area contributed by atoms with Gasteiger partial charge in [-0.15, -0.1) is 0 Å². The molecule has 4 heteroatoms. The first-order valence-corrected chi connectivity index (χ1v) is 4.57. The number of hydrogen-bond donors (Lipinski definition) is 0. The Kier molecular flexibility index (Phi) is 2.11. The molecule has 0 saturated carbocycles. The van der Waals surface area contributed by atoms with Gasteiger partial charge in [0.2, 0.25) is 0 Å². The van der Waals surface area contributed by atoms with Crippen molar-refractivity contribution in [2.45, 2.75) is 51.2 Å². The first kappa shape index (κ1) is 9.40. The topological polar surface area (TPSA) is 36.9 Å². The summed E-state index contributed by atoms with van der Waals surface area (Å²) >= 11 is 0. The molecule has 0 amide bonds. The van der Waals surface area contributed by atoms with Gasteiger partial charge in [-0.05, 0) is 20.8 Å². The summed E-state index contributed by atoms with van der Waals surface area (Å²) < 4.78 is 22.0. The Morgan fingerprint density at radius 1 is 1.15 bits per heavy atom. The van der Waals surface area contributed by atoms with Crippen LogP contribution in [0.25, 0.3) is 0 Å². The molecule has 0 aromatic heterocycles. The van der Waals surface area contributed by atoms with Crippen LogP contribution in [0, 0.1) is 0 Å². The molecule has 0 N–H and O–H groups in total. The Morgan fingerprint density at radius 2 is 1.77 bits per heavy atom. The highest BCUT2D eigenvalue weighted by Gasteiger charge is 2.53. The third kappa shape index (κ3) is 1.48. The molecule has 13 heavy (non-hydrogen) atoms. The number of hydrogen-bond acceptors (Lipinski definition) is 4. The average Bonchev–Trinajstić information content (AvgIpc) is 2.47. The van der Waals surface area contributed by atoms with E-state index in [1.165, 1.54) is 0 Å². The smallest absolute Gasteiger partial charge is 0.186 e. The summed E-state index contributed by atoms with van der Waals surface area (Å²) in [5.41, 5.74) is 0. The molecule has 0 aliphatic carbocycles. The Bertz CT molecular complexity index is 204. The Morgan fingerprint density at radius 3 is 2.38 bits per heavy atom. The second kappa shape index (κ2) is 2.92. The van der Waals surface area contributed by atoms with Gasteiger partial charge in [-0.25, -0.2) is 0 Å². The van der Waals surface area contributed by atoms with Crippen LogP contribution in [0.1, 0.15) is 20.8 Å². The highest BCUT2D eigenvalue weighted by atomic mass is 16.8. The van der Waals surface area contributed by atoms with Gasteiger partial charge in [0.05, 0.1) is 6.10 Å². The molecular formula is C9H16O4. The summed E-state index contributed by atoms with van der Waals surface area (Å²) in [6.45, 7) is 5.79. The number of rotatable bonds is 1. The lowest BCUT2D eigenvalue weighted by Crippen LogP contribution is -2.30. The summed E-state index contributed by atoms with van der Waals surface area (Å²) in [5.74, 6) is -0.510. The zero-order chi connectivity index (χ0) is 9.64. The molecule has 2 aliphatic rings. The number of fused-ring (bicyclic) bond motifs is 1. The predicted molar refractivity (Wildman–Crippen MR) is 45.2 cm³/mol. The molecule has 0 bridgehead atoms. The lowest BCUT2D eigenvalue weighted by molar-refractivity contribution is -0.224. The quantitative estimate of drug-likeness (QED) is 0.612. The van der Waals surface area contributed by atoms with Crippen molar-refractivity contribution in [3.8, 4) is 0 Å². The van der Waals surface area contributed by atoms with Crippen LogP contribution in [0.15, 0.2) is 0 Å². The molecule has 2 heterocycles. The Labute approximate surface area is 78.1 Å². The zero-order valence-corrected chi connectivity index (χ0v) is 8.44. The molecule has 4 nitrogen and oxygen atoms in total. The van der Waals surface area contributed by atoms with E-state index in [1.807, 2.05) is 20.8 Å². The van der Waals surface area contributed by atoms with Crippen LogP contribution in [-0.4, -0.2) is 37.5 Å². The van der Waals surface area contributed by atoms with E-state index < -0.39 is 5.79 Å². The molecule has 4 atom stereocenters. The Hall–Kier alpha value is -0.160. The van der Waals surface area contributed by atoms with Gasteiger partial charge < -0.3 is 18.9 Å². The second-order valence-electron chi connectivity index (χ2n) is 4.01. The first-order chi connectivity index (χ1) is 6.03. The van der Waals surface area contributed by atoms with Gasteiger partial charge in [0.1, 0.15) is 12.2 Å². The van der Waals surface area contributed by atoms with Crippen molar-refractivity contribution in [2.24, 2.45) is 0 Å². The summed E-state index contributed by atoms with van der Waals surface area (Å²) in [6.07, 6.45) is -0.339. The standard InChI is InChI=1S/C9H16O4/c1-5-6-7(8(10-4)11-5)13-9(2,3)12-6/h5-8H,1-4H3/t5-,6-,7+,8-/m1/s1. The first-order valence-electron chi connectivity index (χ1n) is 4.57. The van der Waals surface area contributed by atoms with E-state index >= 15 is 0 Å². The summed E-state index contributed by atoms with van der Waals surface area (Å²) in [7, 11) is 1.62. The van der Waals surface area contributed by atoms with Crippen LogP contribution in [0.5, 0.6) is 0 Å². The third-order valence-corrected chi connectivity index (χ3v) is 2.48. The second-order valence-corrected chi connectivity index (χ2v) is 4.01. The van der Waals surface area contributed by atoms with E-state index in [0.29, 0.717) is 0 Å². The van der Waals surface area contributed by atoms with Crippen molar-refractivity contribution < 1.29 is 18.9 Å². The maximum atomic E-state index is 5.69. The molecule has 2 rings (SSSR count). The fraction of sp³-hybridized carbons (Fsp3) is 1.00. The van der Waals surface area contributed by atoms with Gasteiger partial charge in [-0.1, -0.05) is 0 Å². The van der Waals surface area contributed by atoms with Gasteiger partial charge in [-0.3, -0.25) is 0 Å². The van der Waals surface area contributed by atoms with Crippen molar-refractivity contribution in [3.63, 3.8) is 0 Å². The molecule has 0 radical (unpaired) electrons. The molecule has 0 spiro atoms. The van der Waals surface area contributed by atoms with Gasteiger partial charge >= 0.3 is 0 Å². The third-order valence-electron chi connectivity index (χ3n) is 2.48. The number of ether oxygens (including phenoxy) is 4. The van der Waals surface area contributed by atoms with Gasteiger partial charge in [-0.2, -0.15) is 0 Å². The maximum absolute atomic E-state index is 5.69. The fourth-order valence-corrected chi connectivity index (χ4v) is 1.95. The maximum Gasteiger partial charge on any atom is 0.186 e. The van der Waals surface area contributed by atoms with Crippen molar-refractivity contribution in [2.75, 3.05) is 7.11 Å². The lowest BCUT2D eigenvalue weighted by Gasteiger charge is -2.22. The van der Waals surface area contributed by atoms with Crippen molar-refractivity contribution in [3.05, 3.63) is 0 Å². The molecule has 2 saturated heterocycles. The molecule has 2 fully saturated rings. The monoisotopic (exact) mass is 188 g/mol. The average molecular weight is 188 g/mol. The van der Waals surface area contributed by atoms with E-state index in [0.717, 1.165) is 0 Å². The summed E-state index contributed by atoms with van der Waals surface area (Å²) in [6, 6.07) is 0. The van der Waals surface area contributed by atoms with E-state index in [1.54, 1.807) is 7.11 Å². The molecule has 2 aliphatic heterocycles. The predicted octanol–water partition coefficient (Wildman–Crippen LogP) is 0.898. The van der Waals surface area contributed by atoms with E-state index in [4.69, 9.17) is 18.9 Å². The van der Waals surface area contributed by atoms with E-state index in [-0.39, 0.29) is 24.6 Å². The molecule has 0 aromatic rings. The highest BCUT2D eigenvalue weighted by Crippen LogP contribution is 2.38. The van der Waals surface area contributed by atoms with Crippen molar-refractivity contribution in [1.29, 1.82) is 0 Å². The highest BCUT2D eigenvalue weighted by molar-refractivity contribution is 4.93. The minimum Gasteiger partial charge on any atom is -0.353 e. The van der Waals surface area contributed by atoms with Gasteiger partial charge in [0.25, 0.3) is 0 Å². The Balaban J connectivity index is 2.12. The van der Waals surface area contributed by atoms with Crippen LogP contribution in [0.3, 0.4) is 0 Å². The normalized spacial score (nSPS) is 48.0. The van der Waals surface area contributed by atoms with Crippen LogP contribution in [-0.2, 0) is 18.9 Å². The van der Waals surface area contributed by atoms with E-state index in [9.17, 15) is 0 Å². The number of methoxy groups -OCH3 is 1. The van der Waals surface area contributed by atoms with Crippen LogP contribution in [0.4, 0.5) is 0 Å². The lowest BCUT2D eigenvalue weighted by atomic mass is 10.2.